The first-order valence-electron chi connectivity index (χ1n) is 18.1. The number of carbonyl (C=O) groups excluding carboxylic acids is 3. The standard InChI is InChI=1S/C41H51N5O7/c1-27-24-46(28(2)26-47)39(48)35-23-32(43-40(49)42-31-16-19-33(51-5)20-17-31)18-21-37(35)53-29(3)11-8-9-22-52-38(27)25-45(4)41(50)44-36-15-10-13-30-12-6-7-14-34(30)36/h6-7,10,12-21,23,27-29,38,47H,8-9,11,22,24-26H2,1-5H3,(H,44,50)(H2,42,43,49)/t27-,28+,29+,38-/m0/s1. The maximum absolute atomic E-state index is 14.5. The summed E-state index contributed by atoms with van der Waals surface area (Å²) >= 11 is 0. The van der Waals surface area contributed by atoms with Crippen LogP contribution in [0.2, 0.25) is 0 Å². The Morgan fingerprint density at radius 3 is 2.43 bits per heavy atom. The second-order valence-electron chi connectivity index (χ2n) is 13.7. The number of methoxy groups -OCH3 is 1. The van der Waals surface area contributed by atoms with E-state index in [2.05, 4.69) is 16.0 Å². The summed E-state index contributed by atoms with van der Waals surface area (Å²) in [6, 6.07) is 24.3. The number of nitrogens with zero attached hydrogens (tertiary/aromatic N) is 2. The third-order valence-corrected chi connectivity index (χ3v) is 9.49. The number of aliphatic hydroxyl groups excluding tert-OH is 1. The molecule has 4 aromatic rings. The van der Waals surface area contributed by atoms with Gasteiger partial charge in [0.2, 0.25) is 0 Å². The summed E-state index contributed by atoms with van der Waals surface area (Å²) in [7, 11) is 3.30. The highest BCUT2D eigenvalue weighted by Crippen LogP contribution is 2.29. The molecule has 0 fully saturated rings. The van der Waals surface area contributed by atoms with Crippen LogP contribution in [0.4, 0.5) is 26.7 Å². The molecular weight excluding hydrogens is 674 g/mol. The van der Waals surface area contributed by atoms with E-state index in [1.54, 1.807) is 73.3 Å². The highest BCUT2D eigenvalue weighted by Gasteiger charge is 2.31. The molecule has 1 aliphatic heterocycles. The van der Waals surface area contributed by atoms with Crippen LogP contribution in [-0.2, 0) is 4.74 Å². The maximum Gasteiger partial charge on any atom is 0.323 e. The van der Waals surface area contributed by atoms with E-state index in [1.807, 2.05) is 56.3 Å². The minimum Gasteiger partial charge on any atom is -0.497 e. The van der Waals surface area contributed by atoms with Gasteiger partial charge in [0.1, 0.15) is 11.5 Å². The van der Waals surface area contributed by atoms with Crippen LogP contribution in [0.3, 0.4) is 0 Å². The van der Waals surface area contributed by atoms with Crippen LogP contribution in [0.5, 0.6) is 11.5 Å². The van der Waals surface area contributed by atoms with Crippen molar-refractivity contribution in [2.24, 2.45) is 5.92 Å². The zero-order chi connectivity index (χ0) is 37.9. The quantitative estimate of drug-likeness (QED) is 0.148. The first-order valence-corrected chi connectivity index (χ1v) is 18.1. The van der Waals surface area contributed by atoms with Crippen LogP contribution in [0, 0.1) is 5.92 Å². The number of likely N-dealkylation sites (N-methyl/N-ethyl adjacent to an activating group) is 1. The van der Waals surface area contributed by atoms with Crippen LogP contribution >= 0.6 is 0 Å². The Bertz CT molecular complexity index is 1850. The molecule has 1 heterocycles. The van der Waals surface area contributed by atoms with Crippen molar-refractivity contribution in [3.8, 4) is 11.5 Å². The van der Waals surface area contributed by atoms with E-state index in [0.717, 1.165) is 35.7 Å². The first kappa shape index (κ1) is 38.9. The van der Waals surface area contributed by atoms with Crippen LogP contribution in [0.1, 0.15) is 50.4 Å². The minimum atomic E-state index is -0.550. The van der Waals surface area contributed by atoms with Crippen molar-refractivity contribution in [3.05, 3.63) is 90.5 Å². The molecule has 53 heavy (non-hydrogen) atoms. The van der Waals surface area contributed by atoms with Gasteiger partial charge in [-0.1, -0.05) is 43.3 Å². The zero-order valence-electron chi connectivity index (χ0n) is 31.1. The van der Waals surface area contributed by atoms with E-state index in [9.17, 15) is 19.5 Å². The van der Waals surface area contributed by atoms with E-state index in [1.165, 1.54) is 0 Å². The van der Waals surface area contributed by atoms with E-state index in [4.69, 9.17) is 14.2 Å². The normalized spacial score (nSPS) is 18.9. The van der Waals surface area contributed by atoms with E-state index >= 15 is 0 Å². The van der Waals surface area contributed by atoms with Gasteiger partial charge >= 0.3 is 12.1 Å². The van der Waals surface area contributed by atoms with E-state index < -0.39 is 18.2 Å². The molecule has 0 bridgehead atoms. The third-order valence-electron chi connectivity index (χ3n) is 9.49. The Labute approximate surface area is 311 Å². The number of amides is 5. The average Bonchev–Trinajstić information content (AvgIpc) is 3.16. The molecule has 4 atom stereocenters. The summed E-state index contributed by atoms with van der Waals surface area (Å²) in [5.74, 6) is 0.459. The summed E-state index contributed by atoms with van der Waals surface area (Å²) in [5.41, 5.74) is 1.94. The Hall–Kier alpha value is -5.33. The molecule has 0 unspecified atom stereocenters. The van der Waals surface area contributed by atoms with E-state index in [-0.39, 0.29) is 49.2 Å². The largest absolute Gasteiger partial charge is 0.497 e. The Morgan fingerprint density at radius 1 is 0.962 bits per heavy atom. The molecule has 0 saturated carbocycles. The molecule has 4 aromatic carbocycles. The molecule has 1 aliphatic rings. The molecule has 0 saturated heterocycles. The smallest absolute Gasteiger partial charge is 0.323 e. The van der Waals surface area contributed by atoms with Crippen LogP contribution in [0.25, 0.3) is 10.8 Å². The molecule has 12 nitrogen and oxygen atoms in total. The molecule has 4 N–H and O–H groups in total. The van der Waals surface area contributed by atoms with Crippen LogP contribution < -0.4 is 25.4 Å². The summed E-state index contributed by atoms with van der Waals surface area (Å²) in [6.45, 7) is 6.44. The van der Waals surface area contributed by atoms with Gasteiger partial charge in [-0.05, 0) is 87.0 Å². The van der Waals surface area contributed by atoms with Crippen molar-refractivity contribution in [2.75, 3.05) is 56.4 Å². The Kier molecular flexibility index (Phi) is 13.5. The topological polar surface area (TPSA) is 142 Å². The van der Waals surface area contributed by atoms with Gasteiger partial charge in [0, 0.05) is 49.4 Å². The zero-order valence-corrected chi connectivity index (χ0v) is 31.1. The molecule has 0 radical (unpaired) electrons. The number of hydrogen-bond donors (Lipinski definition) is 4. The van der Waals surface area contributed by atoms with Gasteiger partial charge < -0.3 is 45.1 Å². The second-order valence-corrected chi connectivity index (χ2v) is 13.7. The van der Waals surface area contributed by atoms with Gasteiger partial charge in [-0.15, -0.1) is 0 Å². The predicted octanol–water partition coefficient (Wildman–Crippen LogP) is 7.45. The van der Waals surface area contributed by atoms with Gasteiger partial charge in [-0.25, -0.2) is 9.59 Å². The lowest BCUT2D eigenvalue weighted by Gasteiger charge is -2.35. The van der Waals surface area contributed by atoms with E-state index in [0.29, 0.717) is 29.5 Å². The molecule has 0 aliphatic carbocycles. The number of ether oxygens (including phenoxy) is 3. The maximum atomic E-state index is 14.5. The number of anilines is 3. The second kappa shape index (κ2) is 18.4. The van der Waals surface area contributed by atoms with Gasteiger partial charge in [-0.2, -0.15) is 0 Å². The summed E-state index contributed by atoms with van der Waals surface area (Å²) in [4.78, 5) is 44.1. The predicted molar refractivity (Wildman–Crippen MR) is 208 cm³/mol. The molecule has 5 amide bonds. The van der Waals surface area contributed by atoms with Gasteiger partial charge in [0.25, 0.3) is 5.91 Å². The monoisotopic (exact) mass is 725 g/mol. The summed E-state index contributed by atoms with van der Waals surface area (Å²) < 4.78 is 17.9. The van der Waals surface area contributed by atoms with Crippen molar-refractivity contribution in [1.29, 1.82) is 0 Å². The number of aliphatic hydroxyl groups is 1. The van der Waals surface area contributed by atoms with Crippen molar-refractivity contribution < 1.29 is 33.7 Å². The lowest BCUT2D eigenvalue weighted by molar-refractivity contribution is -0.0115. The molecule has 0 spiro atoms. The van der Waals surface area contributed by atoms with Crippen LogP contribution in [-0.4, -0.2) is 91.6 Å². The first-order chi connectivity index (χ1) is 25.6. The number of hydrogen-bond acceptors (Lipinski definition) is 7. The Balaban J connectivity index is 1.36. The molecule has 5 rings (SSSR count). The minimum absolute atomic E-state index is 0.205. The highest BCUT2D eigenvalue weighted by atomic mass is 16.5. The lowest BCUT2D eigenvalue weighted by Crippen LogP contribution is -2.48. The van der Waals surface area contributed by atoms with Crippen molar-refractivity contribution >= 4 is 45.8 Å². The number of rotatable bonds is 8. The van der Waals surface area contributed by atoms with Gasteiger partial charge in [0.15, 0.2) is 0 Å². The summed E-state index contributed by atoms with van der Waals surface area (Å²) in [5, 5.41) is 20.9. The number of urea groups is 2. The average molecular weight is 726 g/mol. The van der Waals surface area contributed by atoms with Gasteiger partial charge in [-0.3, -0.25) is 4.79 Å². The van der Waals surface area contributed by atoms with Crippen molar-refractivity contribution in [3.63, 3.8) is 0 Å². The fourth-order valence-electron chi connectivity index (χ4n) is 6.33. The molecular formula is C41H51N5O7. The lowest BCUT2D eigenvalue weighted by atomic mass is 10.0. The number of fused-ring (bicyclic) bond motifs is 2. The Morgan fingerprint density at radius 2 is 1.68 bits per heavy atom. The third kappa shape index (κ3) is 10.4. The van der Waals surface area contributed by atoms with Crippen molar-refractivity contribution in [1.82, 2.24) is 9.80 Å². The van der Waals surface area contributed by atoms with Gasteiger partial charge in [0.05, 0.1) is 43.2 Å². The van der Waals surface area contributed by atoms with Crippen molar-refractivity contribution in [2.45, 2.75) is 58.3 Å². The number of nitrogens with one attached hydrogen (secondary N) is 3. The molecule has 282 valence electrons. The van der Waals surface area contributed by atoms with Crippen LogP contribution in [0.15, 0.2) is 84.9 Å². The number of carbonyl (C=O) groups is 3. The highest BCUT2D eigenvalue weighted by molar-refractivity contribution is 6.03. The fourth-order valence-corrected chi connectivity index (χ4v) is 6.33. The molecule has 0 aromatic heterocycles. The fraction of sp³-hybridized carbons (Fsp3) is 0.390. The SMILES string of the molecule is COc1ccc(NC(=O)Nc2ccc3c(c2)C(=O)N([C@H](C)CO)C[C@H](C)[C@H](CN(C)C(=O)Nc2cccc4ccccc24)OCCCC[C@@H](C)O3)cc1. The summed E-state index contributed by atoms with van der Waals surface area (Å²) in [6.07, 6.45) is 1.74. The number of benzene rings is 4. The molecule has 12 heteroatoms.